The fourth-order valence-electron chi connectivity index (χ4n) is 1.16. The number of imidazole rings is 1. The second-order valence-electron chi connectivity index (χ2n) is 2.86. The molecule has 0 unspecified atom stereocenters. The van der Waals surface area contributed by atoms with Gasteiger partial charge in [0.15, 0.2) is 5.16 Å². The number of nitrogens with zero attached hydrogens (tertiary/aromatic N) is 2. The summed E-state index contributed by atoms with van der Waals surface area (Å²) < 4.78 is 38.3. The normalized spacial score (nSPS) is 12.3. The van der Waals surface area contributed by atoms with E-state index in [4.69, 9.17) is 11.8 Å². The third-order valence-electron chi connectivity index (χ3n) is 1.74. The van der Waals surface area contributed by atoms with Crippen LogP contribution in [-0.4, -0.2) is 14.6 Å². The van der Waals surface area contributed by atoms with Crippen LogP contribution in [0.4, 0.5) is 13.2 Å². The van der Waals surface area contributed by atoms with Gasteiger partial charge in [0, 0.05) is 27.1 Å². The van der Waals surface area contributed by atoms with Crippen LogP contribution in [0.15, 0.2) is 23.4 Å². The van der Waals surface area contributed by atoms with Gasteiger partial charge in [-0.2, -0.15) is 13.2 Å². The second kappa shape index (κ2) is 4.26. The van der Waals surface area contributed by atoms with E-state index in [0.29, 0.717) is 11.0 Å². The Balaban J connectivity index is 2.52. The van der Waals surface area contributed by atoms with E-state index in [0.717, 1.165) is 7.66 Å². The summed E-state index contributed by atoms with van der Waals surface area (Å²) in [7, 11) is 0. The van der Waals surface area contributed by atoms with Crippen LogP contribution in [0.5, 0.6) is 0 Å². The minimum absolute atomic E-state index is 0.272. The molecule has 0 amide bonds. The molecule has 0 aliphatic rings. The third kappa shape index (κ3) is 2.57. The summed E-state index contributed by atoms with van der Waals surface area (Å²) in [4.78, 5) is 3.81. The minimum Gasteiger partial charge on any atom is -0.228 e. The maximum Gasteiger partial charge on any atom is 0.449 e. The van der Waals surface area contributed by atoms with Crippen molar-refractivity contribution in [2.45, 2.75) is 10.7 Å². The van der Waals surface area contributed by atoms with E-state index < -0.39 is 5.51 Å². The molecule has 0 saturated carbocycles. The van der Waals surface area contributed by atoms with E-state index in [1.165, 1.54) is 0 Å². The summed E-state index contributed by atoms with van der Waals surface area (Å²) in [6.45, 7) is 0. The number of thioether (sulfide) groups is 1. The third-order valence-corrected chi connectivity index (χ3v) is 3.54. The summed E-state index contributed by atoms with van der Waals surface area (Å²) in [6, 6.07) is 5.07. The minimum atomic E-state index is -4.39. The van der Waals surface area contributed by atoms with Gasteiger partial charge in [0.2, 0.25) is 0 Å². The van der Waals surface area contributed by atoms with Crippen molar-refractivity contribution in [3.63, 3.8) is 0 Å². The van der Waals surface area contributed by atoms with Crippen molar-refractivity contribution in [1.29, 1.82) is 0 Å². The van der Waals surface area contributed by atoms with Gasteiger partial charge in [-0.25, -0.2) is 9.07 Å². The molecule has 16 heavy (non-hydrogen) atoms. The summed E-state index contributed by atoms with van der Waals surface area (Å²) in [5, 5.41) is -0.272. The molecular weight excluding hydrogens is 376 g/mol. The summed E-state index contributed by atoms with van der Waals surface area (Å²) >= 11 is 7.49. The van der Waals surface area contributed by atoms with Crippen LogP contribution in [0.3, 0.4) is 0 Å². The first-order valence-electron chi connectivity index (χ1n) is 3.97. The number of alkyl halides is 3. The zero-order valence-electron chi connectivity index (χ0n) is 7.42. The van der Waals surface area contributed by atoms with Crippen molar-refractivity contribution in [2.24, 2.45) is 0 Å². The van der Waals surface area contributed by atoms with Crippen molar-refractivity contribution >= 4 is 57.2 Å². The second-order valence-corrected chi connectivity index (χ2v) is 5.47. The molecule has 0 atom stereocenters. The molecule has 8 heteroatoms. The summed E-state index contributed by atoms with van der Waals surface area (Å²) in [5.41, 5.74) is -3.47. The van der Waals surface area contributed by atoms with Crippen molar-refractivity contribution in [1.82, 2.24) is 9.07 Å². The molecule has 0 aliphatic heterocycles. The number of hydrogen-bond acceptors (Lipinski definition) is 2. The Hall–Kier alpha value is -0.150. The maximum absolute atomic E-state index is 12.2. The summed E-state index contributed by atoms with van der Waals surface area (Å²) in [6.07, 6.45) is 0. The molecule has 0 aliphatic carbocycles. The Morgan fingerprint density at radius 1 is 1.38 bits per heavy atom. The highest BCUT2D eigenvalue weighted by molar-refractivity contribution is 14.1. The topological polar surface area (TPSA) is 17.8 Å². The molecule has 2 nitrogen and oxygen atoms in total. The molecule has 2 rings (SSSR count). The Morgan fingerprint density at radius 3 is 2.69 bits per heavy atom. The first kappa shape index (κ1) is 12.3. The fourth-order valence-corrected chi connectivity index (χ4v) is 2.45. The first-order chi connectivity index (χ1) is 7.37. The molecule has 2 aromatic rings. The average molecular weight is 379 g/mol. The van der Waals surface area contributed by atoms with E-state index >= 15 is 0 Å². The van der Waals surface area contributed by atoms with Gasteiger partial charge in [-0.15, -0.1) is 0 Å². The Labute approximate surface area is 111 Å². The molecule has 0 bridgehead atoms. The molecule has 0 radical (unpaired) electrons. The smallest absolute Gasteiger partial charge is 0.228 e. The van der Waals surface area contributed by atoms with Crippen LogP contribution in [0.25, 0.3) is 11.0 Å². The van der Waals surface area contributed by atoms with Crippen LogP contribution in [-0.2, 0) is 0 Å². The van der Waals surface area contributed by atoms with Crippen LogP contribution in [0.1, 0.15) is 0 Å². The van der Waals surface area contributed by atoms with Crippen molar-refractivity contribution in [2.75, 3.05) is 0 Å². The molecule has 0 fully saturated rings. The Bertz CT molecular complexity index is 540. The summed E-state index contributed by atoms with van der Waals surface area (Å²) in [5.74, 6) is 0. The molecular formula is C8H3ClF3IN2S. The van der Waals surface area contributed by atoms with Crippen LogP contribution in [0.2, 0.25) is 0 Å². The lowest BCUT2D eigenvalue weighted by atomic mass is 10.3. The van der Waals surface area contributed by atoms with Crippen molar-refractivity contribution in [3.8, 4) is 0 Å². The van der Waals surface area contributed by atoms with Gasteiger partial charge in [0.05, 0.1) is 11.0 Å². The average Bonchev–Trinajstić information content (AvgIpc) is 2.42. The number of halogens is 5. The standard InChI is InChI=1S/C8H3ClF3IN2S/c9-15-6-3-4(13)1-2-5(6)14-7(15)16-8(10,11)12/h1-3H. The highest BCUT2D eigenvalue weighted by Crippen LogP contribution is 2.38. The predicted octanol–water partition coefficient (Wildman–Crippen LogP) is 4.25. The largest absolute Gasteiger partial charge is 0.449 e. The monoisotopic (exact) mass is 378 g/mol. The molecule has 0 spiro atoms. The lowest BCUT2D eigenvalue weighted by Gasteiger charge is -2.03. The molecule has 0 saturated heterocycles. The van der Waals surface area contributed by atoms with E-state index in [-0.39, 0.29) is 16.9 Å². The zero-order valence-corrected chi connectivity index (χ0v) is 11.2. The van der Waals surface area contributed by atoms with Crippen molar-refractivity contribution < 1.29 is 13.2 Å². The molecule has 86 valence electrons. The predicted molar refractivity (Wildman–Crippen MR) is 65.6 cm³/mol. The molecule has 1 aromatic heterocycles. The van der Waals surface area contributed by atoms with Crippen LogP contribution < -0.4 is 0 Å². The number of hydrogen-bond donors (Lipinski definition) is 0. The number of benzene rings is 1. The van der Waals surface area contributed by atoms with Gasteiger partial charge in [-0.3, -0.25) is 0 Å². The number of aromatic nitrogens is 2. The lowest BCUT2D eigenvalue weighted by Crippen LogP contribution is -2.01. The van der Waals surface area contributed by atoms with E-state index in [1.807, 2.05) is 0 Å². The lowest BCUT2D eigenvalue weighted by molar-refractivity contribution is -0.0331. The van der Waals surface area contributed by atoms with Gasteiger partial charge < -0.3 is 0 Å². The van der Waals surface area contributed by atoms with Gasteiger partial charge in [0.25, 0.3) is 0 Å². The highest BCUT2D eigenvalue weighted by atomic mass is 127. The quantitative estimate of drug-likeness (QED) is 0.545. The zero-order chi connectivity index (χ0) is 11.9. The number of fused-ring (bicyclic) bond motifs is 1. The van der Waals surface area contributed by atoms with Gasteiger partial charge in [0.1, 0.15) is 0 Å². The SMILES string of the molecule is FC(F)(F)Sc1nc2ccc(I)cc2n1Cl. The van der Waals surface area contributed by atoms with E-state index in [2.05, 4.69) is 27.6 Å². The fraction of sp³-hybridized carbons (Fsp3) is 0.125. The van der Waals surface area contributed by atoms with Gasteiger partial charge >= 0.3 is 5.51 Å². The van der Waals surface area contributed by atoms with E-state index in [9.17, 15) is 13.2 Å². The van der Waals surface area contributed by atoms with Crippen molar-refractivity contribution in [3.05, 3.63) is 21.8 Å². The Morgan fingerprint density at radius 2 is 2.06 bits per heavy atom. The van der Waals surface area contributed by atoms with E-state index in [1.54, 1.807) is 18.2 Å². The first-order valence-corrected chi connectivity index (χ1v) is 6.20. The maximum atomic E-state index is 12.2. The van der Waals surface area contributed by atoms with Gasteiger partial charge in [-0.1, -0.05) is 0 Å². The number of rotatable bonds is 1. The molecule has 1 heterocycles. The Kier molecular flexibility index (Phi) is 3.28. The molecule has 0 N–H and O–H groups in total. The molecule has 1 aromatic carbocycles. The van der Waals surface area contributed by atoms with Gasteiger partial charge in [-0.05, 0) is 40.8 Å². The van der Waals surface area contributed by atoms with Crippen LogP contribution in [0, 0.1) is 3.57 Å². The van der Waals surface area contributed by atoms with Crippen LogP contribution >= 0.6 is 46.1 Å². The highest BCUT2D eigenvalue weighted by Gasteiger charge is 2.32.